The molecule has 0 amide bonds. The standard InChI is InChI=1S/C15H8BrClFNO/c16-12-3-1-2-9(14(12)18)15(20)11-7-19-13-5-4-8(17)6-10(11)13/h1-7,19H. The molecule has 20 heavy (non-hydrogen) atoms. The van der Waals surface area contributed by atoms with Crippen LogP contribution in [-0.4, -0.2) is 10.8 Å². The molecule has 0 atom stereocenters. The lowest BCUT2D eigenvalue weighted by atomic mass is 10.0. The molecule has 3 rings (SSSR count). The first-order valence-electron chi connectivity index (χ1n) is 5.83. The summed E-state index contributed by atoms with van der Waals surface area (Å²) in [6, 6.07) is 9.85. The molecule has 2 aromatic carbocycles. The van der Waals surface area contributed by atoms with E-state index in [1.807, 2.05) is 0 Å². The second-order valence-electron chi connectivity index (χ2n) is 4.32. The van der Waals surface area contributed by atoms with Crippen LogP contribution in [-0.2, 0) is 0 Å². The van der Waals surface area contributed by atoms with E-state index >= 15 is 0 Å². The lowest BCUT2D eigenvalue weighted by Crippen LogP contribution is -2.04. The zero-order chi connectivity index (χ0) is 14.3. The Morgan fingerprint density at radius 2 is 2.00 bits per heavy atom. The Balaban J connectivity index is 2.18. The molecule has 0 saturated carbocycles. The van der Waals surface area contributed by atoms with Gasteiger partial charge < -0.3 is 4.98 Å². The number of carbonyl (C=O) groups excluding carboxylic acids is 1. The van der Waals surface area contributed by atoms with Gasteiger partial charge >= 0.3 is 0 Å². The molecule has 1 N–H and O–H groups in total. The maximum atomic E-state index is 14.0. The molecule has 0 saturated heterocycles. The molecular weight excluding hydrogens is 345 g/mol. The SMILES string of the molecule is O=C(c1cccc(Br)c1F)c1c[nH]c2ccc(Cl)cc12. The van der Waals surface area contributed by atoms with Gasteiger partial charge in [0.15, 0.2) is 5.78 Å². The molecule has 0 aliphatic carbocycles. The van der Waals surface area contributed by atoms with Gasteiger partial charge in [0.25, 0.3) is 0 Å². The molecule has 100 valence electrons. The average Bonchev–Trinajstić information content (AvgIpc) is 2.84. The highest BCUT2D eigenvalue weighted by molar-refractivity contribution is 9.10. The summed E-state index contributed by atoms with van der Waals surface area (Å²) in [5.41, 5.74) is 1.22. The van der Waals surface area contributed by atoms with E-state index in [1.165, 1.54) is 6.07 Å². The number of fused-ring (bicyclic) bond motifs is 1. The van der Waals surface area contributed by atoms with Crippen molar-refractivity contribution in [2.75, 3.05) is 0 Å². The third-order valence-electron chi connectivity index (χ3n) is 3.08. The predicted octanol–water partition coefficient (Wildman–Crippen LogP) is 4.95. The van der Waals surface area contributed by atoms with E-state index < -0.39 is 5.82 Å². The summed E-state index contributed by atoms with van der Waals surface area (Å²) in [4.78, 5) is 15.5. The van der Waals surface area contributed by atoms with Crippen molar-refractivity contribution in [3.8, 4) is 0 Å². The van der Waals surface area contributed by atoms with Crippen molar-refractivity contribution in [1.82, 2.24) is 4.98 Å². The second kappa shape index (κ2) is 5.04. The molecule has 0 spiro atoms. The van der Waals surface area contributed by atoms with Crippen molar-refractivity contribution in [3.05, 3.63) is 69.0 Å². The highest BCUT2D eigenvalue weighted by atomic mass is 79.9. The molecule has 0 radical (unpaired) electrons. The summed E-state index contributed by atoms with van der Waals surface area (Å²) in [7, 11) is 0. The number of aromatic amines is 1. The van der Waals surface area contributed by atoms with Crippen molar-refractivity contribution >= 4 is 44.2 Å². The normalized spacial score (nSPS) is 10.9. The molecule has 1 heterocycles. The number of nitrogens with one attached hydrogen (secondary N) is 1. The van der Waals surface area contributed by atoms with E-state index in [2.05, 4.69) is 20.9 Å². The highest BCUT2D eigenvalue weighted by Gasteiger charge is 2.19. The highest BCUT2D eigenvalue weighted by Crippen LogP contribution is 2.26. The minimum absolute atomic E-state index is 0.0280. The van der Waals surface area contributed by atoms with E-state index in [9.17, 15) is 9.18 Å². The van der Waals surface area contributed by atoms with E-state index in [-0.39, 0.29) is 15.8 Å². The fraction of sp³-hybridized carbons (Fsp3) is 0. The van der Waals surface area contributed by atoms with Crippen LogP contribution in [0.4, 0.5) is 4.39 Å². The summed E-state index contributed by atoms with van der Waals surface area (Å²) in [5, 5.41) is 1.21. The van der Waals surface area contributed by atoms with Crippen molar-refractivity contribution in [2.45, 2.75) is 0 Å². The van der Waals surface area contributed by atoms with Crippen LogP contribution >= 0.6 is 27.5 Å². The Labute approximate surface area is 127 Å². The molecule has 5 heteroatoms. The third-order valence-corrected chi connectivity index (χ3v) is 3.93. The largest absolute Gasteiger partial charge is 0.360 e. The summed E-state index contributed by atoms with van der Waals surface area (Å²) in [5.74, 6) is -0.939. The fourth-order valence-electron chi connectivity index (χ4n) is 2.10. The number of halogens is 3. The molecule has 0 aliphatic rings. The van der Waals surface area contributed by atoms with Crippen LogP contribution in [0.2, 0.25) is 5.02 Å². The number of H-pyrrole nitrogens is 1. The Bertz CT molecular complexity index is 828. The van der Waals surface area contributed by atoms with Gasteiger partial charge in [-0.05, 0) is 46.3 Å². The number of rotatable bonds is 2. The minimum Gasteiger partial charge on any atom is -0.360 e. The van der Waals surface area contributed by atoms with Gasteiger partial charge in [-0.1, -0.05) is 17.7 Å². The first-order valence-corrected chi connectivity index (χ1v) is 7.00. The van der Waals surface area contributed by atoms with Gasteiger partial charge in [-0.15, -0.1) is 0 Å². The van der Waals surface area contributed by atoms with Crippen LogP contribution in [0.25, 0.3) is 10.9 Å². The van der Waals surface area contributed by atoms with Crippen LogP contribution in [0.1, 0.15) is 15.9 Å². The van der Waals surface area contributed by atoms with E-state index in [0.29, 0.717) is 16.0 Å². The summed E-state index contributed by atoms with van der Waals surface area (Å²) >= 11 is 9.03. The van der Waals surface area contributed by atoms with E-state index in [0.717, 1.165) is 5.52 Å². The lowest BCUT2D eigenvalue weighted by molar-refractivity contribution is 0.103. The monoisotopic (exact) mass is 351 g/mol. The quantitative estimate of drug-likeness (QED) is 0.650. The minimum atomic E-state index is -0.561. The topological polar surface area (TPSA) is 32.9 Å². The van der Waals surface area contributed by atoms with Gasteiger partial charge in [-0.2, -0.15) is 0 Å². The van der Waals surface area contributed by atoms with Gasteiger partial charge in [0, 0.05) is 27.7 Å². The van der Waals surface area contributed by atoms with Crippen LogP contribution in [0.5, 0.6) is 0 Å². The van der Waals surface area contributed by atoms with Gasteiger partial charge in [-0.25, -0.2) is 4.39 Å². The molecule has 0 aliphatic heterocycles. The average molecular weight is 353 g/mol. The predicted molar refractivity (Wildman–Crippen MR) is 80.8 cm³/mol. The zero-order valence-corrected chi connectivity index (χ0v) is 12.4. The van der Waals surface area contributed by atoms with Gasteiger partial charge in [0.05, 0.1) is 10.0 Å². The molecule has 0 fully saturated rings. The maximum absolute atomic E-state index is 14.0. The van der Waals surface area contributed by atoms with Crippen molar-refractivity contribution in [3.63, 3.8) is 0 Å². The molecule has 0 unspecified atom stereocenters. The smallest absolute Gasteiger partial charge is 0.198 e. The second-order valence-corrected chi connectivity index (χ2v) is 5.61. The Morgan fingerprint density at radius 1 is 1.20 bits per heavy atom. The molecule has 3 aromatic rings. The Hall–Kier alpha value is -1.65. The lowest BCUT2D eigenvalue weighted by Gasteiger charge is -2.03. The van der Waals surface area contributed by atoms with Crippen molar-refractivity contribution in [2.24, 2.45) is 0 Å². The molecular formula is C15H8BrClFNO. The number of benzene rings is 2. The summed E-state index contributed by atoms with van der Waals surface area (Å²) in [6.07, 6.45) is 1.57. The third kappa shape index (κ3) is 2.15. The number of hydrogen-bond donors (Lipinski definition) is 1. The number of carbonyl (C=O) groups is 1. The first kappa shape index (κ1) is 13.3. The molecule has 1 aromatic heterocycles. The zero-order valence-electron chi connectivity index (χ0n) is 10.1. The molecule has 2 nitrogen and oxygen atoms in total. The number of ketones is 1. The summed E-state index contributed by atoms with van der Waals surface area (Å²) < 4.78 is 14.3. The number of aromatic nitrogens is 1. The van der Waals surface area contributed by atoms with Crippen LogP contribution in [0.15, 0.2) is 47.1 Å². The molecule has 0 bridgehead atoms. The van der Waals surface area contributed by atoms with Gasteiger partial charge in [-0.3, -0.25) is 4.79 Å². The maximum Gasteiger partial charge on any atom is 0.198 e. The van der Waals surface area contributed by atoms with Gasteiger partial charge in [0.2, 0.25) is 0 Å². The van der Waals surface area contributed by atoms with E-state index in [4.69, 9.17) is 11.6 Å². The fourth-order valence-corrected chi connectivity index (χ4v) is 2.64. The Morgan fingerprint density at radius 3 is 2.80 bits per heavy atom. The van der Waals surface area contributed by atoms with Gasteiger partial charge in [0.1, 0.15) is 5.82 Å². The van der Waals surface area contributed by atoms with Crippen LogP contribution in [0, 0.1) is 5.82 Å². The summed E-state index contributed by atoms with van der Waals surface area (Å²) in [6.45, 7) is 0. The number of hydrogen-bond acceptors (Lipinski definition) is 1. The van der Waals surface area contributed by atoms with E-state index in [1.54, 1.807) is 36.5 Å². The Kier molecular flexibility index (Phi) is 3.36. The van der Waals surface area contributed by atoms with Crippen molar-refractivity contribution < 1.29 is 9.18 Å². The van der Waals surface area contributed by atoms with Crippen LogP contribution < -0.4 is 0 Å². The van der Waals surface area contributed by atoms with Crippen LogP contribution in [0.3, 0.4) is 0 Å². The van der Waals surface area contributed by atoms with Crippen molar-refractivity contribution in [1.29, 1.82) is 0 Å². The first-order chi connectivity index (χ1) is 9.58.